The fourth-order valence-corrected chi connectivity index (χ4v) is 7.98. The van der Waals surface area contributed by atoms with Crippen LogP contribution in [-0.4, -0.2) is 233 Å². The molecule has 0 amide bonds. The fraction of sp³-hybridized carbons (Fsp3) is 0.582. The molecule has 0 radical (unpaired) electrons. The molecule has 30 nitrogen and oxygen atoms in total. The Bertz CT molecular complexity index is 2620. The van der Waals surface area contributed by atoms with Gasteiger partial charge in [0.2, 0.25) is 12.1 Å². The van der Waals surface area contributed by atoms with Gasteiger partial charge >= 0.3 is 47.8 Å². The van der Waals surface area contributed by atoms with Crippen molar-refractivity contribution in [1.29, 1.82) is 0 Å². The Morgan fingerprint density at radius 3 is 0.953 bits per heavy atom. The molecule has 4 aliphatic heterocycles. The molecule has 0 aliphatic carbocycles. The highest BCUT2D eigenvalue weighted by Crippen LogP contribution is 2.38. The number of esters is 8. The van der Waals surface area contributed by atoms with Gasteiger partial charge in [0.1, 0.15) is 93.1 Å². The molecule has 8 unspecified atom stereocenters. The van der Waals surface area contributed by atoms with Gasteiger partial charge in [-0.1, -0.05) is 46.1 Å². The van der Waals surface area contributed by atoms with E-state index in [-0.39, 0.29) is 39.0 Å². The summed E-state index contributed by atoms with van der Waals surface area (Å²) in [5, 5.41) is 70.3. The van der Waals surface area contributed by atoms with Crippen molar-refractivity contribution in [3.05, 3.63) is 85.1 Å². The molecular weight excluding hydrogens is 1140 g/mol. The second kappa shape index (κ2) is 30.9. The molecule has 0 aromatic carbocycles. The van der Waals surface area contributed by atoms with E-state index in [9.17, 15) is 73.8 Å². The predicted molar refractivity (Wildman–Crippen MR) is 279 cm³/mol. The number of aliphatic hydroxyl groups is 6. The van der Waals surface area contributed by atoms with Crippen molar-refractivity contribution >= 4 is 53.5 Å². The molecule has 4 fully saturated rings. The summed E-state index contributed by atoms with van der Waals surface area (Å²) in [4.78, 5) is 116. The normalized spacial score (nSPS) is 32.5. The molecule has 4 aliphatic rings. The number of Topliss-reactive ketones (excluding diaryl/α,β-unsaturated/α-hetero) is 1. The van der Waals surface area contributed by atoms with E-state index in [1.165, 1.54) is 48.5 Å². The van der Waals surface area contributed by atoms with Gasteiger partial charge in [-0.2, -0.15) is 0 Å². The van der Waals surface area contributed by atoms with Crippen LogP contribution in [0, 0.1) is 0 Å². The Hall–Kier alpha value is -6.91. The average Bonchev–Trinajstić information content (AvgIpc) is 2.37. The van der Waals surface area contributed by atoms with Crippen molar-refractivity contribution < 1.29 is 145 Å². The van der Waals surface area contributed by atoms with Crippen LogP contribution in [0.2, 0.25) is 0 Å². The quantitative estimate of drug-likeness (QED) is 0.0243. The third-order valence-corrected chi connectivity index (χ3v) is 12.6. The summed E-state index contributed by atoms with van der Waals surface area (Å²) in [6.45, 7) is 30.2. The van der Waals surface area contributed by atoms with Crippen molar-refractivity contribution in [3.8, 4) is 0 Å². The highest BCUT2D eigenvalue weighted by molar-refractivity contribution is 6.32. The van der Waals surface area contributed by atoms with Crippen molar-refractivity contribution in [3.63, 3.8) is 0 Å². The van der Waals surface area contributed by atoms with E-state index in [2.05, 4.69) is 46.1 Å². The van der Waals surface area contributed by atoms with E-state index in [1.54, 1.807) is 0 Å². The number of aliphatic hydroxyl groups excluding tert-OH is 6. The van der Waals surface area contributed by atoms with Crippen LogP contribution in [0.15, 0.2) is 85.1 Å². The third kappa shape index (κ3) is 18.3. The average molecular weight is 1210 g/mol. The van der Waals surface area contributed by atoms with Gasteiger partial charge in [0, 0.05) is 45.9 Å². The molecule has 0 aromatic rings. The van der Waals surface area contributed by atoms with E-state index < -0.39 is 203 Å². The van der Waals surface area contributed by atoms with E-state index in [1.807, 2.05) is 0 Å². The lowest BCUT2D eigenvalue weighted by atomic mass is 9.95. The zero-order valence-electron chi connectivity index (χ0n) is 47.8. The maximum absolute atomic E-state index is 13.4. The number of rotatable bonds is 26. The molecule has 0 aromatic heterocycles. The first-order valence-corrected chi connectivity index (χ1v) is 25.9. The zero-order valence-corrected chi connectivity index (χ0v) is 47.8. The molecule has 20 atom stereocenters. The Morgan fingerprint density at radius 1 is 0.318 bits per heavy atom. The van der Waals surface area contributed by atoms with E-state index in [4.69, 9.17) is 71.1 Å². The molecule has 4 saturated heterocycles. The molecule has 472 valence electrons. The smallest absolute Gasteiger partial charge is 0.374 e. The number of ether oxygens (including phenoxy) is 15. The van der Waals surface area contributed by atoms with Gasteiger partial charge in [0.15, 0.2) is 43.3 Å². The maximum atomic E-state index is 13.4. The molecule has 30 heteroatoms. The van der Waals surface area contributed by atoms with Crippen molar-refractivity contribution in [2.75, 3.05) is 26.4 Å². The zero-order chi connectivity index (χ0) is 64.2. The summed E-state index contributed by atoms with van der Waals surface area (Å²) < 4.78 is 85.4. The number of ketones is 1. The number of carbonyl (C=O) groups excluding carboxylic acids is 9. The van der Waals surface area contributed by atoms with Gasteiger partial charge in [-0.3, -0.25) is 4.79 Å². The maximum Gasteiger partial charge on any atom is 0.374 e. The first-order valence-electron chi connectivity index (χ1n) is 25.9. The first kappa shape index (κ1) is 70.6. The van der Waals surface area contributed by atoms with Gasteiger partial charge in [-0.15, -0.1) is 0 Å². The van der Waals surface area contributed by atoms with Gasteiger partial charge in [0.25, 0.3) is 0 Å². The summed E-state index contributed by atoms with van der Waals surface area (Å²) in [7, 11) is 0. The minimum Gasteiger partial charge on any atom is -0.459 e. The molecule has 85 heavy (non-hydrogen) atoms. The third-order valence-electron chi connectivity index (χ3n) is 12.6. The Kier molecular flexibility index (Phi) is 25.7. The monoisotopic (exact) mass is 1210 g/mol. The van der Waals surface area contributed by atoms with Crippen molar-refractivity contribution in [2.45, 2.75) is 178 Å². The van der Waals surface area contributed by atoms with Crippen molar-refractivity contribution in [2.24, 2.45) is 0 Å². The summed E-state index contributed by atoms with van der Waals surface area (Å²) in [6, 6.07) is 0. The topological polar surface area (TPSA) is 413 Å². The van der Waals surface area contributed by atoms with E-state index in [0.717, 1.165) is 6.92 Å². The molecule has 0 spiro atoms. The minimum absolute atomic E-state index is 0.0900. The lowest BCUT2D eigenvalue weighted by Gasteiger charge is -2.50. The van der Waals surface area contributed by atoms with Crippen LogP contribution in [0.4, 0.5) is 0 Å². The SMILES string of the molecule is C=C(C)C(=O)OCC1O[C@@H](O[C@H]2C(O)C(OC(=O)C(C)=O)[C@H](O[C@@H]3C(COC(=O)C(=C)C)O[C@@H](O[C@H]4C(O)C(OC(=O)C(=C)C)[C@H](OC(=O)C(=C)C)O[C@H]4CO)C(OC(=O)C(=C)C)[C@H]3O)O[C@H]2COC(=O)C(=C)C)C(O)[C@@H](OC(=O)C(=C)C)[C@@H]1O. The first-order chi connectivity index (χ1) is 39.6. The predicted octanol–water partition coefficient (Wildman–Crippen LogP) is -1.72. The largest absolute Gasteiger partial charge is 0.459 e. The van der Waals surface area contributed by atoms with E-state index >= 15 is 0 Å². The van der Waals surface area contributed by atoms with E-state index in [0.29, 0.717) is 0 Å². The highest BCUT2D eigenvalue weighted by atomic mass is 16.8. The van der Waals surface area contributed by atoms with Crippen LogP contribution in [0.1, 0.15) is 55.4 Å². The van der Waals surface area contributed by atoms with Crippen LogP contribution >= 0.6 is 0 Å². The Morgan fingerprint density at radius 2 is 0.600 bits per heavy atom. The van der Waals surface area contributed by atoms with Gasteiger partial charge in [-0.25, -0.2) is 38.4 Å². The fourth-order valence-electron chi connectivity index (χ4n) is 7.98. The van der Waals surface area contributed by atoms with Crippen LogP contribution < -0.4 is 0 Å². The Labute approximate surface area is 487 Å². The second-order valence-corrected chi connectivity index (χ2v) is 20.3. The lowest BCUT2D eigenvalue weighted by Crippen LogP contribution is -2.68. The summed E-state index contributed by atoms with van der Waals surface area (Å²) in [5.41, 5.74) is -1.35. The molecule has 0 saturated carbocycles. The summed E-state index contributed by atoms with van der Waals surface area (Å²) in [5.74, 6) is -10.7. The van der Waals surface area contributed by atoms with Crippen molar-refractivity contribution in [1.82, 2.24) is 0 Å². The Balaban J connectivity index is 1.88. The van der Waals surface area contributed by atoms with Crippen LogP contribution in [0.3, 0.4) is 0 Å². The minimum atomic E-state index is -2.42. The molecule has 4 rings (SSSR count). The summed E-state index contributed by atoms with van der Waals surface area (Å²) >= 11 is 0. The van der Waals surface area contributed by atoms with Gasteiger partial charge < -0.3 is 102 Å². The van der Waals surface area contributed by atoms with Crippen LogP contribution in [0.25, 0.3) is 0 Å². The number of hydrogen-bond donors (Lipinski definition) is 6. The van der Waals surface area contributed by atoms with Gasteiger partial charge in [-0.05, 0) is 48.5 Å². The highest BCUT2D eigenvalue weighted by Gasteiger charge is 2.59. The standard InChI is InChI=1S/C55H72O30/c1-20(2)44(63)71-17-29-32(58)40(78-47(66)23(7)8)36(62)52(75-29)82-38-30(18-72-45(64)21(3)4)76-54(42(34(38)60)81-51(70)27(15)57)84-39-31(19-73-46(65)22(5)6)77-53(41(35(39)61)79-48(67)24(9)10)83-37-28(16-56)74-55(85-50(69)26(13)14)43(33(37)59)80-49(68)25(11)12/h28-43,52-56,58-62H,1,3,5,7,9,11,13,16-19H2,2,4,6,8,10,12,14-15H3/t28-,29?,30-,31?,32+,33?,34?,35-,36?,37+,38+,39+,40-,41?,42?,43?,52-,53-,54-,55-/m0/s1. The van der Waals surface area contributed by atoms with Crippen LogP contribution in [-0.2, 0) is 114 Å². The molecule has 4 heterocycles. The molecule has 6 N–H and O–H groups in total. The number of carbonyl (C=O) groups is 9. The molecular formula is C55H72O30. The second-order valence-electron chi connectivity index (χ2n) is 20.3. The molecule has 0 bridgehead atoms. The number of hydrogen-bond acceptors (Lipinski definition) is 30. The van der Waals surface area contributed by atoms with Crippen LogP contribution in [0.5, 0.6) is 0 Å². The lowest BCUT2D eigenvalue weighted by molar-refractivity contribution is -0.387. The summed E-state index contributed by atoms with van der Waals surface area (Å²) in [6.07, 6.45) is -41.9. The van der Waals surface area contributed by atoms with Gasteiger partial charge in [0.05, 0.1) is 6.61 Å².